The molecule has 10 heteroatoms. The number of rotatable bonds is 6. The monoisotopic (exact) mass is 478 g/mol. The van der Waals surface area contributed by atoms with E-state index in [0.717, 1.165) is 38.1 Å². The molecular formula is C23H22ClF3N4O2. The van der Waals surface area contributed by atoms with E-state index in [2.05, 4.69) is 24.8 Å². The molecule has 1 aromatic heterocycles. The second-order valence-corrected chi connectivity index (χ2v) is 8.26. The van der Waals surface area contributed by atoms with Crippen molar-refractivity contribution in [2.24, 2.45) is 0 Å². The van der Waals surface area contributed by atoms with Crippen LogP contribution in [0.5, 0.6) is 0 Å². The van der Waals surface area contributed by atoms with Crippen LogP contribution in [0, 0.1) is 0 Å². The van der Waals surface area contributed by atoms with Gasteiger partial charge in [0.25, 0.3) is 5.91 Å². The highest BCUT2D eigenvalue weighted by Gasteiger charge is 2.27. The fraction of sp³-hybridized carbons (Fsp3) is 0.348. The number of aromatic nitrogens is 3. The van der Waals surface area contributed by atoms with Crippen molar-refractivity contribution in [3.8, 4) is 11.4 Å². The number of carbonyl (C=O) groups excluding carboxylic acids is 1. The van der Waals surface area contributed by atoms with E-state index in [0.29, 0.717) is 33.2 Å². The lowest BCUT2D eigenvalue weighted by atomic mass is 10.1. The molecule has 1 amide bonds. The predicted molar refractivity (Wildman–Crippen MR) is 118 cm³/mol. The lowest BCUT2D eigenvalue weighted by Crippen LogP contribution is -2.16. The molecule has 1 aliphatic rings. The SMILES string of the molecule is O=C(Nc1ccc(Cl)c(-c2nnc3n2CCCCC3)c1)c1ccc(COCC(F)(F)F)cc1. The summed E-state index contributed by atoms with van der Waals surface area (Å²) in [4.78, 5) is 12.7. The summed E-state index contributed by atoms with van der Waals surface area (Å²) in [6, 6.07) is 11.4. The number of anilines is 1. The van der Waals surface area contributed by atoms with Gasteiger partial charge in [-0.1, -0.05) is 30.2 Å². The molecule has 0 radical (unpaired) electrons. The Morgan fingerprint density at radius 2 is 1.88 bits per heavy atom. The third kappa shape index (κ3) is 5.91. The summed E-state index contributed by atoms with van der Waals surface area (Å²) in [6.07, 6.45) is -0.237. The van der Waals surface area contributed by atoms with E-state index in [4.69, 9.17) is 11.6 Å². The standard InChI is InChI=1S/C23H22ClF3N4O2/c24-19-10-9-17(12-18(19)21-30-29-20-4-2-1-3-11-31(20)21)28-22(32)16-7-5-15(6-8-16)13-33-14-23(25,26)27/h5-10,12H,1-4,11,13-14H2,(H,28,32). The molecule has 0 aliphatic carbocycles. The number of nitrogens with zero attached hydrogens (tertiary/aromatic N) is 3. The zero-order valence-corrected chi connectivity index (χ0v) is 18.4. The maximum Gasteiger partial charge on any atom is 0.411 e. The van der Waals surface area contributed by atoms with Crippen LogP contribution in [0.3, 0.4) is 0 Å². The maximum atomic E-state index is 12.7. The second kappa shape index (κ2) is 9.93. The molecule has 0 spiro atoms. The first-order valence-corrected chi connectivity index (χ1v) is 10.9. The Morgan fingerprint density at radius 3 is 2.64 bits per heavy atom. The maximum absolute atomic E-state index is 12.7. The molecule has 174 valence electrons. The molecule has 2 heterocycles. The van der Waals surface area contributed by atoms with E-state index >= 15 is 0 Å². The number of ether oxygens (including phenoxy) is 1. The van der Waals surface area contributed by atoms with E-state index in [9.17, 15) is 18.0 Å². The molecule has 4 rings (SSSR count). The van der Waals surface area contributed by atoms with Crippen molar-refractivity contribution in [2.45, 2.75) is 45.0 Å². The average Bonchev–Trinajstić information content (AvgIpc) is 3.02. The minimum Gasteiger partial charge on any atom is -0.367 e. The number of hydrogen-bond donors (Lipinski definition) is 1. The first kappa shape index (κ1) is 23.3. The van der Waals surface area contributed by atoms with Gasteiger partial charge in [-0.15, -0.1) is 10.2 Å². The van der Waals surface area contributed by atoms with Crippen molar-refractivity contribution in [3.63, 3.8) is 0 Å². The smallest absolute Gasteiger partial charge is 0.367 e. The molecule has 0 atom stereocenters. The average molecular weight is 479 g/mol. The Hall–Kier alpha value is -2.91. The number of benzene rings is 2. The summed E-state index contributed by atoms with van der Waals surface area (Å²) < 4.78 is 43.3. The molecule has 6 nitrogen and oxygen atoms in total. The second-order valence-electron chi connectivity index (χ2n) is 7.86. The predicted octanol–water partition coefficient (Wildman–Crippen LogP) is 5.66. The molecule has 0 saturated heterocycles. The zero-order valence-electron chi connectivity index (χ0n) is 17.7. The number of fused-ring (bicyclic) bond motifs is 1. The lowest BCUT2D eigenvalue weighted by Gasteiger charge is -2.11. The normalized spacial score (nSPS) is 13.9. The minimum absolute atomic E-state index is 0.190. The van der Waals surface area contributed by atoms with Gasteiger partial charge in [0.1, 0.15) is 12.4 Å². The summed E-state index contributed by atoms with van der Waals surface area (Å²) in [7, 11) is 0. The number of hydrogen-bond acceptors (Lipinski definition) is 4. The first-order valence-electron chi connectivity index (χ1n) is 10.6. The molecule has 33 heavy (non-hydrogen) atoms. The Balaban J connectivity index is 1.46. The highest BCUT2D eigenvalue weighted by molar-refractivity contribution is 6.33. The Morgan fingerprint density at radius 1 is 1.09 bits per heavy atom. The van der Waals surface area contributed by atoms with E-state index < -0.39 is 12.8 Å². The van der Waals surface area contributed by atoms with Gasteiger partial charge in [0.15, 0.2) is 5.82 Å². The van der Waals surface area contributed by atoms with Crippen LogP contribution in [-0.2, 0) is 24.3 Å². The lowest BCUT2D eigenvalue weighted by molar-refractivity contribution is -0.176. The fourth-order valence-corrected chi connectivity index (χ4v) is 3.90. The van der Waals surface area contributed by atoms with Gasteiger partial charge in [-0.2, -0.15) is 13.2 Å². The van der Waals surface area contributed by atoms with Crippen LogP contribution in [0.25, 0.3) is 11.4 Å². The molecule has 1 N–H and O–H groups in total. The number of halogens is 4. The van der Waals surface area contributed by atoms with Crippen LogP contribution in [0.4, 0.5) is 18.9 Å². The van der Waals surface area contributed by atoms with Crippen LogP contribution in [0.2, 0.25) is 5.02 Å². The summed E-state index contributed by atoms with van der Waals surface area (Å²) in [5.41, 5.74) is 2.13. The van der Waals surface area contributed by atoms with Crippen molar-refractivity contribution in [1.82, 2.24) is 14.8 Å². The third-order valence-corrected chi connectivity index (χ3v) is 5.65. The van der Waals surface area contributed by atoms with Crippen LogP contribution < -0.4 is 5.32 Å². The molecule has 2 aromatic carbocycles. The Kier molecular flexibility index (Phi) is 6.99. The minimum atomic E-state index is -4.37. The van der Waals surface area contributed by atoms with E-state index in [1.807, 2.05) is 0 Å². The largest absolute Gasteiger partial charge is 0.411 e. The molecule has 0 bridgehead atoms. The van der Waals surface area contributed by atoms with E-state index in [1.165, 1.54) is 12.1 Å². The Bertz CT molecular complexity index is 1130. The molecule has 3 aromatic rings. The van der Waals surface area contributed by atoms with Gasteiger partial charge in [-0.3, -0.25) is 4.79 Å². The highest BCUT2D eigenvalue weighted by atomic mass is 35.5. The number of amides is 1. The van der Waals surface area contributed by atoms with E-state index in [1.54, 1.807) is 30.3 Å². The van der Waals surface area contributed by atoms with Crippen molar-refractivity contribution in [3.05, 3.63) is 64.4 Å². The van der Waals surface area contributed by atoms with Crippen LogP contribution in [-0.4, -0.2) is 33.5 Å². The van der Waals surface area contributed by atoms with Gasteiger partial charge >= 0.3 is 6.18 Å². The molecule has 0 saturated carbocycles. The van der Waals surface area contributed by atoms with E-state index in [-0.39, 0.29) is 12.5 Å². The number of aryl methyl sites for hydroxylation is 1. The highest BCUT2D eigenvalue weighted by Crippen LogP contribution is 2.31. The number of alkyl halides is 3. The molecule has 1 aliphatic heterocycles. The Labute approximate surface area is 193 Å². The summed E-state index contributed by atoms with van der Waals surface area (Å²) in [5.74, 6) is 1.26. The van der Waals surface area contributed by atoms with Gasteiger partial charge in [0.05, 0.1) is 11.6 Å². The summed E-state index contributed by atoms with van der Waals surface area (Å²) in [6.45, 7) is -0.683. The molecule has 0 fully saturated rings. The number of carbonyl (C=O) groups is 1. The number of nitrogens with one attached hydrogen (secondary N) is 1. The van der Waals surface area contributed by atoms with Crippen molar-refractivity contribution in [1.29, 1.82) is 0 Å². The van der Waals surface area contributed by atoms with Crippen LogP contribution in [0.15, 0.2) is 42.5 Å². The van der Waals surface area contributed by atoms with Gasteiger partial charge in [0, 0.05) is 29.8 Å². The van der Waals surface area contributed by atoms with Crippen molar-refractivity contribution >= 4 is 23.2 Å². The van der Waals surface area contributed by atoms with Gasteiger partial charge in [0.2, 0.25) is 0 Å². The molecular weight excluding hydrogens is 457 g/mol. The van der Waals surface area contributed by atoms with Crippen LogP contribution in [0.1, 0.15) is 41.0 Å². The molecule has 0 unspecified atom stereocenters. The van der Waals surface area contributed by atoms with Gasteiger partial charge < -0.3 is 14.6 Å². The fourth-order valence-electron chi connectivity index (χ4n) is 3.70. The summed E-state index contributed by atoms with van der Waals surface area (Å²) >= 11 is 6.44. The topological polar surface area (TPSA) is 69.0 Å². The van der Waals surface area contributed by atoms with Crippen molar-refractivity contribution in [2.75, 3.05) is 11.9 Å². The zero-order chi connectivity index (χ0) is 23.4. The van der Waals surface area contributed by atoms with Gasteiger partial charge in [-0.25, -0.2) is 0 Å². The quantitative estimate of drug-likeness (QED) is 0.496. The van der Waals surface area contributed by atoms with Crippen LogP contribution >= 0.6 is 11.6 Å². The van der Waals surface area contributed by atoms with Gasteiger partial charge in [-0.05, 0) is 48.7 Å². The third-order valence-electron chi connectivity index (χ3n) is 5.33. The van der Waals surface area contributed by atoms with Crippen molar-refractivity contribution < 1.29 is 22.7 Å². The first-order chi connectivity index (χ1) is 15.8. The summed E-state index contributed by atoms with van der Waals surface area (Å²) in [5, 5.41) is 12.0.